The number of ether oxygens (including phenoxy) is 2. The van der Waals surface area contributed by atoms with E-state index in [2.05, 4.69) is 10.6 Å². The average Bonchev–Trinajstić information content (AvgIpc) is 2.76. The van der Waals surface area contributed by atoms with E-state index in [0.29, 0.717) is 0 Å². The molecule has 7 nitrogen and oxygen atoms in total. The van der Waals surface area contributed by atoms with E-state index in [1.807, 2.05) is 60.7 Å². The predicted molar refractivity (Wildman–Crippen MR) is 112 cm³/mol. The molecule has 2 N–H and O–H groups in total. The summed E-state index contributed by atoms with van der Waals surface area (Å²) in [7, 11) is 1.27. The Labute approximate surface area is 176 Å². The Bertz CT molecular complexity index is 824. The van der Waals surface area contributed by atoms with Crippen LogP contribution < -0.4 is 10.6 Å². The molecular weight excluding hydrogens is 384 g/mol. The van der Waals surface area contributed by atoms with Crippen LogP contribution in [-0.2, 0) is 32.1 Å². The number of alkyl carbamates (subject to hydrolysis) is 1. The Morgan fingerprint density at radius 1 is 0.867 bits per heavy atom. The lowest BCUT2D eigenvalue weighted by molar-refractivity contribution is -0.145. The van der Waals surface area contributed by atoms with Crippen LogP contribution in [0.1, 0.15) is 25.0 Å². The van der Waals surface area contributed by atoms with E-state index in [4.69, 9.17) is 9.47 Å². The van der Waals surface area contributed by atoms with Crippen molar-refractivity contribution in [2.75, 3.05) is 7.11 Å². The SMILES string of the molecule is COC(=O)C(Cc1ccccc1)NC(=O)C(NC(=O)OCc1ccccc1)C(C)C. The van der Waals surface area contributed by atoms with Crippen molar-refractivity contribution in [3.05, 3.63) is 71.8 Å². The van der Waals surface area contributed by atoms with Crippen LogP contribution in [0.2, 0.25) is 0 Å². The van der Waals surface area contributed by atoms with Gasteiger partial charge in [0, 0.05) is 6.42 Å². The van der Waals surface area contributed by atoms with Gasteiger partial charge in [0.15, 0.2) is 0 Å². The Balaban J connectivity index is 1.99. The molecule has 0 saturated heterocycles. The molecule has 7 heteroatoms. The Hall–Kier alpha value is -3.35. The average molecular weight is 412 g/mol. The number of hydrogen-bond acceptors (Lipinski definition) is 5. The quantitative estimate of drug-likeness (QED) is 0.618. The number of nitrogens with one attached hydrogen (secondary N) is 2. The van der Waals surface area contributed by atoms with Gasteiger partial charge in [-0.3, -0.25) is 4.79 Å². The van der Waals surface area contributed by atoms with Gasteiger partial charge in [-0.05, 0) is 17.0 Å². The van der Waals surface area contributed by atoms with E-state index < -0.39 is 30.1 Å². The van der Waals surface area contributed by atoms with Crippen molar-refractivity contribution in [1.29, 1.82) is 0 Å². The molecule has 2 rings (SSSR count). The first kappa shape index (κ1) is 22.9. The number of benzene rings is 2. The lowest BCUT2D eigenvalue weighted by Crippen LogP contribution is -2.54. The van der Waals surface area contributed by atoms with Gasteiger partial charge in [0.1, 0.15) is 18.7 Å². The van der Waals surface area contributed by atoms with E-state index in [1.165, 1.54) is 7.11 Å². The summed E-state index contributed by atoms with van der Waals surface area (Å²) < 4.78 is 10.0. The van der Waals surface area contributed by atoms with Crippen LogP contribution >= 0.6 is 0 Å². The maximum atomic E-state index is 12.8. The predicted octanol–water partition coefficient (Wildman–Crippen LogP) is 2.84. The molecule has 2 atom stereocenters. The molecule has 0 saturated carbocycles. The van der Waals surface area contributed by atoms with Gasteiger partial charge in [-0.1, -0.05) is 74.5 Å². The van der Waals surface area contributed by atoms with Crippen LogP contribution in [0.3, 0.4) is 0 Å². The molecule has 0 aliphatic carbocycles. The van der Waals surface area contributed by atoms with Crippen LogP contribution in [-0.4, -0.2) is 37.2 Å². The number of methoxy groups -OCH3 is 1. The Morgan fingerprint density at radius 3 is 1.97 bits per heavy atom. The molecule has 0 heterocycles. The van der Waals surface area contributed by atoms with E-state index in [1.54, 1.807) is 13.8 Å². The topological polar surface area (TPSA) is 93.7 Å². The molecule has 0 aliphatic heterocycles. The van der Waals surface area contributed by atoms with Crippen molar-refractivity contribution in [2.45, 2.75) is 39.0 Å². The second-order valence-corrected chi connectivity index (χ2v) is 7.20. The highest BCUT2D eigenvalue weighted by Crippen LogP contribution is 2.08. The van der Waals surface area contributed by atoms with Gasteiger partial charge in [-0.25, -0.2) is 9.59 Å². The minimum atomic E-state index is -0.867. The molecule has 0 bridgehead atoms. The zero-order chi connectivity index (χ0) is 21.9. The van der Waals surface area contributed by atoms with Crippen LogP contribution in [0.25, 0.3) is 0 Å². The summed E-state index contributed by atoms with van der Waals surface area (Å²) in [4.78, 5) is 37.2. The summed E-state index contributed by atoms with van der Waals surface area (Å²) in [6.45, 7) is 3.69. The van der Waals surface area contributed by atoms with Crippen LogP contribution in [0.15, 0.2) is 60.7 Å². The molecule has 2 aromatic carbocycles. The first-order valence-corrected chi connectivity index (χ1v) is 9.80. The summed E-state index contributed by atoms with van der Waals surface area (Å²) in [5, 5.41) is 5.28. The van der Waals surface area contributed by atoms with Gasteiger partial charge in [-0.15, -0.1) is 0 Å². The Kier molecular flexibility index (Phi) is 8.87. The molecule has 0 aliphatic rings. The lowest BCUT2D eigenvalue weighted by Gasteiger charge is -2.24. The molecule has 0 radical (unpaired) electrons. The van der Waals surface area contributed by atoms with Crippen molar-refractivity contribution in [1.82, 2.24) is 10.6 Å². The summed E-state index contributed by atoms with van der Waals surface area (Å²) in [5.74, 6) is -1.25. The van der Waals surface area contributed by atoms with Gasteiger partial charge in [0.25, 0.3) is 0 Å². The van der Waals surface area contributed by atoms with Crippen molar-refractivity contribution in [3.8, 4) is 0 Å². The van der Waals surface area contributed by atoms with E-state index >= 15 is 0 Å². The zero-order valence-electron chi connectivity index (χ0n) is 17.5. The normalized spacial score (nSPS) is 12.5. The number of carbonyl (C=O) groups excluding carboxylic acids is 3. The van der Waals surface area contributed by atoms with Crippen molar-refractivity contribution in [3.63, 3.8) is 0 Å². The molecule has 160 valence electrons. The third kappa shape index (κ3) is 7.24. The fourth-order valence-electron chi connectivity index (χ4n) is 2.87. The van der Waals surface area contributed by atoms with Crippen molar-refractivity contribution in [2.24, 2.45) is 5.92 Å². The van der Waals surface area contributed by atoms with Gasteiger partial charge < -0.3 is 20.1 Å². The van der Waals surface area contributed by atoms with Crippen molar-refractivity contribution < 1.29 is 23.9 Å². The molecule has 0 fully saturated rings. The second-order valence-electron chi connectivity index (χ2n) is 7.20. The molecular formula is C23H28N2O5. The van der Waals surface area contributed by atoms with Gasteiger partial charge in [0.05, 0.1) is 7.11 Å². The monoisotopic (exact) mass is 412 g/mol. The summed E-state index contributed by atoms with van der Waals surface area (Å²) in [6, 6.07) is 16.8. The second kappa shape index (κ2) is 11.6. The fourth-order valence-corrected chi connectivity index (χ4v) is 2.87. The molecule has 2 amide bonds. The highest BCUT2D eigenvalue weighted by molar-refractivity contribution is 5.90. The largest absolute Gasteiger partial charge is 0.467 e. The molecule has 0 spiro atoms. The highest BCUT2D eigenvalue weighted by Gasteiger charge is 2.29. The number of esters is 1. The number of hydrogen-bond donors (Lipinski definition) is 2. The van der Waals surface area contributed by atoms with Gasteiger partial charge >= 0.3 is 12.1 Å². The highest BCUT2D eigenvalue weighted by atomic mass is 16.5. The minimum Gasteiger partial charge on any atom is -0.467 e. The molecule has 30 heavy (non-hydrogen) atoms. The summed E-state index contributed by atoms with van der Waals surface area (Å²) in [6.07, 6.45) is -0.423. The molecule has 2 unspecified atom stereocenters. The minimum absolute atomic E-state index is 0.0951. The lowest BCUT2D eigenvalue weighted by atomic mass is 10.0. The van der Waals surface area contributed by atoms with Crippen LogP contribution in [0.4, 0.5) is 4.79 Å². The number of amides is 2. The summed E-state index contributed by atoms with van der Waals surface area (Å²) in [5.41, 5.74) is 1.72. The number of rotatable bonds is 9. The first-order chi connectivity index (χ1) is 14.4. The third-order valence-corrected chi connectivity index (χ3v) is 4.52. The smallest absolute Gasteiger partial charge is 0.408 e. The van der Waals surface area contributed by atoms with Crippen LogP contribution in [0.5, 0.6) is 0 Å². The first-order valence-electron chi connectivity index (χ1n) is 9.80. The zero-order valence-corrected chi connectivity index (χ0v) is 17.5. The van der Waals surface area contributed by atoms with Gasteiger partial charge in [0.2, 0.25) is 5.91 Å². The number of carbonyl (C=O) groups is 3. The standard InChI is InChI=1S/C23H28N2O5/c1-16(2)20(25-23(28)30-15-18-12-8-5-9-13-18)21(26)24-19(22(27)29-3)14-17-10-6-4-7-11-17/h4-13,16,19-20H,14-15H2,1-3H3,(H,24,26)(H,25,28). The summed E-state index contributed by atoms with van der Waals surface area (Å²) >= 11 is 0. The van der Waals surface area contributed by atoms with E-state index in [-0.39, 0.29) is 18.9 Å². The fraction of sp³-hybridized carbons (Fsp3) is 0.348. The molecule has 2 aromatic rings. The molecule has 0 aromatic heterocycles. The van der Waals surface area contributed by atoms with E-state index in [0.717, 1.165) is 11.1 Å². The third-order valence-electron chi connectivity index (χ3n) is 4.52. The Morgan fingerprint density at radius 2 is 1.43 bits per heavy atom. The maximum absolute atomic E-state index is 12.8. The van der Waals surface area contributed by atoms with Crippen LogP contribution in [0, 0.1) is 5.92 Å². The van der Waals surface area contributed by atoms with E-state index in [9.17, 15) is 14.4 Å². The maximum Gasteiger partial charge on any atom is 0.408 e. The van der Waals surface area contributed by atoms with Gasteiger partial charge in [-0.2, -0.15) is 0 Å². The van der Waals surface area contributed by atoms with Crippen molar-refractivity contribution >= 4 is 18.0 Å².